The molecule has 1 aliphatic rings. The number of hydrogen-bond acceptors (Lipinski definition) is 5. The van der Waals surface area contributed by atoms with Gasteiger partial charge in [0, 0.05) is 50.1 Å². The van der Waals surface area contributed by atoms with E-state index < -0.39 is 11.9 Å². The van der Waals surface area contributed by atoms with Gasteiger partial charge >= 0.3 is 57.6 Å². The van der Waals surface area contributed by atoms with Gasteiger partial charge in [-0.3, -0.25) is 10.4 Å². The average molecular weight is 567 g/mol. The van der Waals surface area contributed by atoms with Crippen LogP contribution in [0.3, 0.4) is 0 Å². The molecule has 34 heavy (non-hydrogen) atoms. The molecule has 0 saturated carbocycles. The fourth-order valence-corrected chi connectivity index (χ4v) is 4.20. The fraction of sp³-hybridized carbons (Fsp3) is 0.476. The third kappa shape index (κ3) is 7.05. The van der Waals surface area contributed by atoms with Crippen LogP contribution in [0.5, 0.6) is 0 Å². The summed E-state index contributed by atoms with van der Waals surface area (Å²) in [6.07, 6.45) is -0.0342. The second-order valence-electron chi connectivity index (χ2n) is 7.74. The van der Waals surface area contributed by atoms with Gasteiger partial charge in [0.15, 0.2) is 0 Å². The van der Waals surface area contributed by atoms with Crippen LogP contribution in [0.15, 0.2) is 34.8 Å². The summed E-state index contributed by atoms with van der Waals surface area (Å²) in [5.41, 5.74) is 5.75. The summed E-state index contributed by atoms with van der Waals surface area (Å²) < 4.78 is 41.8. The number of nitrogens with two attached hydrogens (primary N) is 1. The first-order valence-electron chi connectivity index (χ1n) is 10.5. The van der Waals surface area contributed by atoms with Crippen LogP contribution in [0.25, 0.3) is 16.6 Å². The third-order valence-corrected chi connectivity index (χ3v) is 6.39. The van der Waals surface area contributed by atoms with Gasteiger partial charge in [-0.2, -0.15) is 13.2 Å². The molecule has 0 atom stereocenters. The van der Waals surface area contributed by atoms with Gasteiger partial charge in [-0.15, -0.1) is 0 Å². The molecule has 0 bridgehead atoms. The minimum Gasteiger partial charge on any atom is -0.494 e. The van der Waals surface area contributed by atoms with Gasteiger partial charge in [-0.1, -0.05) is 12.9 Å². The first kappa shape index (κ1) is 29.3. The first-order valence-corrected chi connectivity index (χ1v) is 11.3. The van der Waals surface area contributed by atoms with E-state index in [9.17, 15) is 13.2 Å². The summed E-state index contributed by atoms with van der Waals surface area (Å²) >= 11 is 3.34. The van der Waals surface area contributed by atoms with Crippen molar-refractivity contribution >= 4 is 21.8 Å². The van der Waals surface area contributed by atoms with E-state index in [1.807, 2.05) is 16.5 Å². The van der Waals surface area contributed by atoms with Crippen molar-refractivity contribution in [3.8, 4) is 11.3 Å². The van der Waals surface area contributed by atoms with E-state index in [1.165, 1.54) is 0 Å². The van der Waals surface area contributed by atoms with E-state index in [1.54, 1.807) is 19.3 Å². The Kier molecular flexibility index (Phi) is 11.0. The quantitative estimate of drug-likeness (QED) is 0.262. The molecule has 1 aliphatic heterocycles. The molecule has 0 aromatic carbocycles. The maximum absolute atomic E-state index is 13.1. The molecule has 180 valence electrons. The molecule has 13 heteroatoms. The average Bonchev–Trinajstić information content (AvgIpc) is 3.25. The van der Waals surface area contributed by atoms with Crippen LogP contribution in [-0.2, 0) is 12.7 Å². The Hall–Kier alpha value is -0.964. The Morgan fingerprint density at radius 2 is 2.03 bits per heavy atom. The van der Waals surface area contributed by atoms with Crippen molar-refractivity contribution in [2.45, 2.75) is 31.5 Å². The normalized spacial score (nSPS) is 15.5. The summed E-state index contributed by atoms with van der Waals surface area (Å²) in [5, 5.41) is 15.4. The van der Waals surface area contributed by atoms with Crippen molar-refractivity contribution in [1.29, 1.82) is 5.41 Å². The number of imidazole rings is 1. The summed E-state index contributed by atoms with van der Waals surface area (Å²) in [7, 11) is 3.42. The maximum atomic E-state index is 13.1. The molecular formula is C21H27BrF3KN8. The molecule has 0 radical (unpaired) electrons. The summed E-state index contributed by atoms with van der Waals surface area (Å²) in [6.45, 7) is 2.62. The molecule has 4 N–H and O–H groups in total. The number of likely N-dealkylation sites (tertiary alicyclic amines) is 1. The molecule has 1 fully saturated rings. The van der Waals surface area contributed by atoms with Crippen LogP contribution < -0.4 is 62.4 Å². The van der Waals surface area contributed by atoms with E-state index in [0.717, 1.165) is 30.9 Å². The summed E-state index contributed by atoms with van der Waals surface area (Å²) in [6, 6.07) is 2.58. The standard InChI is InChI=1S/C21H27BrF3N8.K/c1-28-7-10-33-12-15(14-3-6-30-16(11-14)21(23,24)25)31-20(33)13-4-8-32(9-5-13)19(27)17(22)18(26)29-2;/h3,6,11-13,27-28H,4-5,7-10,26H2,1-2H3;/q-1;+1/b18-17+,27-19?;. The molecule has 3 rings (SSSR count). The largest absolute Gasteiger partial charge is 1.00 e. The van der Waals surface area contributed by atoms with Gasteiger partial charge in [0.05, 0.1) is 10.2 Å². The number of piperidine rings is 1. The number of hydrogen-bond donors (Lipinski definition) is 3. The maximum Gasteiger partial charge on any atom is 1.00 e. The molecular weight excluding hydrogens is 540 g/mol. The monoisotopic (exact) mass is 566 g/mol. The van der Waals surface area contributed by atoms with Crippen LogP contribution in [-0.4, -0.2) is 59.0 Å². The van der Waals surface area contributed by atoms with Crippen LogP contribution in [0, 0.1) is 5.41 Å². The predicted octanol–water partition coefficient (Wildman–Crippen LogP) is 0.870. The van der Waals surface area contributed by atoms with Gasteiger partial charge in [-0.25, -0.2) is 4.98 Å². The fourth-order valence-electron chi connectivity index (χ4n) is 3.77. The Labute approximate surface area is 248 Å². The van der Waals surface area contributed by atoms with Gasteiger partial charge in [0.2, 0.25) is 0 Å². The molecule has 0 amide bonds. The minimum absolute atomic E-state index is 0. The smallest absolute Gasteiger partial charge is 0.494 e. The van der Waals surface area contributed by atoms with E-state index in [4.69, 9.17) is 16.1 Å². The Morgan fingerprint density at radius 1 is 1.35 bits per heavy atom. The third-order valence-electron chi connectivity index (χ3n) is 5.61. The number of likely N-dealkylation sites (N-methyl/N-ethyl adjacent to an activating group) is 1. The topological polar surface area (TPSA) is 110 Å². The van der Waals surface area contributed by atoms with Gasteiger partial charge in [-0.05, 0) is 48.0 Å². The second kappa shape index (κ2) is 12.8. The molecule has 2 aromatic rings. The first-order chi connectivity index (χ1) is 15.7. The van der Waals surface area contributed by atoms with Crippen molar-refractivity contribution in [2.75, 3.05) is 33.7 Å². The van der Waals surface area contributed by atoms with Crippen LogP contribution in [0.1, 0.15) is 30.3 Å². The number of halogens is 4. The Balaban J connectivity index is 0.00000408. The number of amidine groups is 1. The van der Waals surface area contributed by atoms with Crippen LogP contribution >= 0.6 is 15.9 Å². The van der Waals surface area contributed by atoms with Crippen molar-refractivity contribution in [3.63, 3.8) is 0 Å². The molecule has 0 unspecified atom stereocenters. The Bertz CT molecular complexity index is 1020. The zero-order valence-corrected chi connectivity index (χ0v) is 24.2. The SMILES string of the molecule is C[N-]/C(N)=C(/Br)C(=N)N1CCC(c2nc(-c3ccnc(C(F)(F)F)c3)cn2CCNC)CC1.[K+]. The molecule has 0 aliphatic carbocycles. The molecule has 1 saturated heterocycles. The summed E-state index contributed by atoms with van der Waals surface area (Å²) in [4.78, 5) is 10.1. The number of alkyl halides is 3. The van der Waals surface area contributed by atoms with E-state index in [-0.39, 0.29) is 69.0 Å². The van der Waals surface area contributed by atoms with Crippen molar-refractivity contribution < 1.29 is 64.6 Å². The van der Waals surface area contributed by atoms with E-state index in [2.05, 4.69) is 31.5 Å². The number of nitrogens with zero attached hydrogens (tertiary/aromatic N) is 5. The summed E-state index contributed by atoms with van der Waals surface area (Å²) in [5.74, 6) is 1.52. The predicted molar refractivity (Wildman–Crippen MR) is 125 cm³/mol. The van der Waals surface area contributed by atoms with Crippen LogP contribution in [0.4, 0.5) is 13.2 Å². The minimum atomic E-state index is -4.51. The number of aromatic nitrogens is 3. The number of rotatable bonds is 7. The molecule has 0 spiro atoms. The molecule has 2 aromatic heterocycles. The van der Waals surface area contributed by atoms with Crippen molar-refractivity contribution in [3.05, 3.63) is 51.7 Å². The Morgan fingerprint density at radius 3 is 2.62 bits per heavy atom. The van der Waals surface area contributed by atoms with Gasteiger partial charge in [0.25, 0.3) is 0 Å². The van der Waals surface area contributed by atoms with Crippen molar-refractivity contribution in [1.82, 2.24) is 24.8 Å². The van der Waals surface area contributed by atoms with Gasteiger partial charge < -0.3 is 25.8 Å². The van der Waals surface area contributed by atoms with E-state index in [0.29, 0.717) is 41.9 Å². The molecule has 3 heterocycles. The zero-order chi connectivity index (χ0) is 24.2. The van der Waals surface area contributed by atoms with Crippen LogP contribution in [0.2, 0.25) is 0 Å². The second-order valence-corrected chi connectivity index (χ2v) is 8.53. The number of pyridine rings is 1. The van der Waals surface area contributed by atoms with Gasteiger partial charge in [0.1, 0.15) is 17.4 Å². The zero-order valence-electron chi connectivity index (χ0n) is 19.5. The van der Waals surface area contributed by atoms with E-state index >= 15 is 0 Å². The van der Waals surface area contributed by atoms with Crippen molar-refractivity contribution in [2.24, 2.45) is 5.73 Å². The molecule has 8 nitrogen and oxygen atoms in total. The number of nitrogens with one attached hydrogen (secondary N) is 2.